The lowest BCUT2D eigenvalue weighted by Gasteiger charge is -2.08. The van der Waals surface area contributed by atoms with Crippen LogP contribution in [0.4, 0.5) is 0 Å². The predicted molar refractivity (Wildman–Crippen MR) is 93.8 cm³/mol. The Hall–Kier alpha value is -2.07. The molecule has 2 aromatic rings. The molecule has 0 N–H and O–H groups in total. The van der Waals surface area contributed by atoms with Crippen molar-refractivity contribution in [1.29, 1.82) is 5.26 Å². The largest absolute Gasteiger partial charge is 0.192 e. The quantitative estimate of drug-likeness (QED) is 0.622. The van der Waals surface area contributed by atoms with E-state index in [1.165, 1.54) is 36.8 Å². The zero-order valence-corrected chi connectivity index (χ0v) is 13.7. The summed E-state index contributed by atoms with van der Waals surface area (Å²) >= 11 is 0. The van der Waals surface area contributed by atoms with Gasteiger partial charge in [0.15, 0.2) is 0 Å². The Morgan fingerprint density at radius 2 is 1.41 bits per heavy atom. The van der Waals surface area contributed by atoms with E-state index in [1.54, 1.807) is 0 Å². The van der Waals surface area contributed by atoms with Crippen LogP contribution in [0.15, 0.2) is 42.5 Å². The third-order valence-electron chi connectivity index (χ3n) is 4.11. The van der Waals surface area contributed by atoms with Gasteiger partial charge in [-0.3, -0.25) is 0 Å². The number of hydrogen-bond acceptors (Lipinski definition) is 1. The van der Waals surface area contributed by atoms with Gasteiger partial charge in [0.2, 0.25) is 0 Å². The first-order valence-corrected chi connectivity index (χ1v) is 8.40. The molecule has 0 aliphatic rings. The van der Waals surface area contributed by atoms with E-state index < -0.39 is 0 Å². The summed E-state index contributed by atoms with van der Waals surface area (Å²) in [6, 6.07) is 17.4. The minimum Gasteiger partial charge on any atom is -0.192 e. The van der Waals surface area contributed by atoms with E-state index in [2.05, 4.69) is 62.4 Å². The van der Waals surface area contributed by atoms with Gasteiger partial charge in [0.05, 0.1) is 11.6 Å². The fourth-order valence-corrected chi connectivity index (χ4v) is 2.70. The molecule has 0 atom stereocenters. The lowest BCUT2D eigenvalue weighted by molar-refractivity contribution is 0.795. The SMILES string of the molecule is CCCCc1ccc(-c2ccc(CCCC)cc2C#N)cc1. The summed E-state index contributed by atoms with van der Waals surface area (Å²) in [5.41, 5.74) is 5.61. The zero-order chi connectivity index (χ0) is 15.8. The van der Waals surface area contributed by atoms with E-state index in [1.807, 2.05) is 0 Å². The molecule has 1 heteroatoms. The summed E-state index contributed by atoms with van der Waals surface area (Å²) in [4.78, 5) is 0. The van der Waals surface area contributed by atoms with Crippen molar-refractivity contribution in [3.63, 3.8) is 0 Å². The summed E-state index contributed by atoms with van der Waals surface area (Å²) in [6.07, 6.45) is 7.01. The topological polar surface area (TPSA) is 23.8 Å². The Balaban J connectivity index is 2.22. The Morgan fingerprint density at radius 1 is 0.818 bits per heavy atom. The second kappa shape index (κ2) is 8.39. The molecule has 0 aliphatic carbocycles. The second-order valence-electron chi connectivity index (χ2n) is 5.90. The van der Waals surface area contributed by atoms with E-state index in [0.717, 1.165) is 29.5 Å². The van der Waals surface area contributed by atoms with Crippen LogP contribution in [0, 0.1) is 11.3 Å². The van der Waals surface area contributed by atoms with Crippen molar-refractivity contribution in [2.45, 2.75) is 52.4 Å². The Kier molecular flexibility index (Phi) is 6.22. The third-order valence-corrected chi connectivity index (χ3v) is 4.11. The van der Waals surface area contributed by atoms with Crippen LogP contribution < -0.4 is 0 Å². The summed E-state index contributed by atoms with van der Waals surface area (Å²) in [6.45, 7) is 4.41. The molecular weight excluding hydrogens is 266 g/mol. The number of nitriles is 1. The molecule has 0 fully saturated rings. The van der Waals surface area contributed by atoms with Gasteiger partial charge < -0.3 is 0 Å². The standard InChI is InChI=1S/C21H25N/c1-3-5-7-17-9-12-19(13-10-17)21-14-11-18(8-6-4-2)15-20(21)16-22/h9-15H,3-8H2,1-2H3. The van der Waals surface area contributed by atoms with Crippen molar-refractivity contribution >= 4 is 0 Å². The van der Waals surface area contributed by atoms with Gasteiger partial charge in [-0.1, -0.05) is 63.1 Å². The second-order valence-corrected chi connectivity index (χ2v) is 5.90. The van der Waals surface area contributed by atoms with Gasteiger partial charge >= 0.3 is 0 Å². The monoisotopic (exact) mass is 291 g/mol. The highest BCUT2D eigenvalue weighted by Crippen LogP contribution is 2.25. The fourth-order valence-electron chi connectivity index (χ4n) is 2.70. The summed E-state index contributed by atoms with van der Waals surface area (Å²) in [5.74, 6) is 0. The average molecular weight is 291 g/mol. The summed E-state index contributed by atoms with van der Waals surface area (Å²) in [7, 11) is 0. The van der Waals surface area contributed by atoms with Crippen LogP contribution in [0.25, 0.3) is 11.1 Å². The fraction of sp³-hybridized carbons (Fsp3) is 0.381. The summed E-state index contributed by atoms with van der Waals surface area (Å²) in [5, 5.41) is 9.45. The smallest absolute Gasteiger partial charge is 0.0998 e. The van der Waals surface area contributed by atoms with Crippen LogP contribution >= 0.6 is 0 Å². The number of nitrogens with zero attached hydrogens (tertiary/aromatic N) is 1. The average Bonchev–Trinajstić information content (AvgIpc) is 2.58. The maximum Gasteiger partial charge on any atom is 0.0998 e. The van der Waals surface area contributed by atoms with E-state index in [9.17, 15) is 5.26 Å². The molecule has 0 spiro atoms. The summed E-state index contributed by atoms with van der Waals surface area (Å²) < 4.78 is 0. The first-order chi connectivity index (χ1) is 10.8. The van der Waals surface area contributed by atoms with E-state index in [0.29, 0.717) is 0 Å². The van der Waals surface area contributed by atoms with Gasteiger partial charge in [-0.25, -0.2) is 0 Å². The molecule has 0 unspecified atom stereocenters. The van der Waals surface area contributed by atoms with Crippen molar-refractivity contribution in [3.05, 3.63) is 59.2 Å². The van der Waals surface area contributed by atoms with Gasteiger partial charge in [0, 0.05) is 0 Å². The number of rotatable bonds is 7. The minimum atomic E-state index is 0.787. The van der Waals surface area contributed by atoms with Gasteiger partial charge in [0.1, 0.15) is 0 Å². The number of hydrogen-bond donors (Lipinski definition) is 0. The maximum atomic E-state index is 9.45. The molecule has 2 aromatic carbocycles. The van der Waals surface area contributed by atoms with Crippen LogP contribution in [0.1, 0.15) is 56.2 Å². The van der Waals surface area contributed by atoms with Crippen molar-refractivity contribution in [2.24, 2.45) is 0 Å². The van der Waals surface area contributed by atoms with Crippen LogP contribution in [-0.4, -0.2) is 0 Å². The molecule has 0 amide bonds. The molecular formula is C21H25N. The molecule has 0 bridgehead atoms. The van der Waals surface area contributed by atoms with E-state index in [-0.39, 0.29) is 0 Å². The highest BCUT2D eigenvalue weighted by Gasteiger charge is 2.06. The first kappa shape index (κ1) is 16.3. The molecule has 114 valence electrons. The minimum absolute atomic E-state index is 0.787. The number of aryl methyl sites for hydroxylation is 2. The normalized spacial score (nSPS) is 10.4. The first-order valence-electron chi connectivity index (χ1n) is 8.40. The molecule has 0 aromatic heterocycles. The van der Waals surface area contributed by atoms with Gasteiger partial charge in [0.25, 0.3) is 0 Å². The Bertz CT molecular complexity index is 632. The number of unbranched alkanes of at least 4 members (excludes halogenated alkanes) is 2. The van der Waals surface area contributed by atoms with Crippen LogP contribution in [0.2, 0.25) is 0 Å². The van der Waals surface area contributed by atoms with Gasteiger partial charge in [-0.05, 0) is 54.0 Å². The van der Waals surface area contributed by atoms with Gasteiger partial charge in [-0.15, -0.1) is 0 Å². The van der Waals surface area contributed by atoms with Crippen molar-refractivity contribution in [2.75, 3.05) is 0 Å². The van der Waals surface area contributed by atoms with Crippen molar-refractivity contribution in [1.82, 2.24) is 0 Å². The van der Waals surface area contributed by atoms with Gasteiger partial charge in [-0.2, -0.15) is 5.26 Å². The van der Waals surface area contributed by atoms with Crippen LogP contribution in [0.5, 0.6) is 0 Å². The molecule has 0 radical (unpaired) electrons. The zero-order valence-electron chi connectivity index (χ0n) is 13.7. The highest BCUT2D eigenvalue weighted by molar-refractivity contribution is 5.71. The molecule has 0 aliphatic heterocycles. The number of benzene rings is 2. The van der Waals surface area contributed by atoms with Crippen molar-refractivity contribution < 1.29 is 0 Å². The van der Waals surface area contributed by atoms with Crippen molar-refractivity contribution in [3.8, 4) is 17.2 Å². The molecule has 1 nitrogen and oxygen atoms in total. The Morgan fingerprint density at radius 3 is 2.00 bits per heavy atom. The molecule has 22 heavy (non-hydrogen) atoms. The third kappa shape index (κ3) is 4.21. The van der Waals surface area contributed by atoms with Crippen LogP contribution in [-0.2, 0) is 12.8 Å². The van der Waals surface area contributed by atoms with E-state index in [4.69, 9.17) is 0 Å². The molecule has 2 rings (SSSR count). The van der Waals surface area contributed by atoms with E-state index >= 15 is 0 Å². The lowest BCUT2D eigenvalue weighted by atomic mass is 9.95. The lowest BCUT2D eigenvalue weighted by Crippen LogP contribution is -1.91. The van der Waals surface area contributed by atoms with Crippen LogP contribution in [0.3, 0.4) is 0 Å². The molecule has 0 saturated heterocycles. The predicted octanol–water partition coefficient (Wildman–Crippen LogP) is 5.91. The Labute approximate surface area is 134 Å². The maximum absolute atomic E-state index is 9.45. The molecule has 0 saturated carbocycles. The highest BCUT2D eigenvalue weighted by atomic mass is 14.2. The molecule has 0 heterocycles.